The van der Waals surface area contributed by atoms with Gasteiger partial charge < -0.3 is 9.64 Å². The largest absolute Gasteiger partial charge is 0.463 e. The van der Waals surface area contributed by atoms with Crippen LogP contribution in [0.4, 0.5) is 0 Å². The molecule has 1 aliphatic carbocycles. The smallest absolute Gasteiger partial charge is 0.336 e. The van der Waals surface area contributed by atoms with Crippen molar-refractivity contribution in [3.8, 4) is 0 Å². The van der Waals surface area contributed by atoms with Crippen molar-refractivity contribution >= 4 is 17.6 Å². The van der Waals surface area contributed by atoms with Gasteiger partial charge >= 0.3 is 5.97 Å². The van der Waals surface area contributed by atoms with E-state index in [4.69, 9.17) is 4.74 Å². The molecule has 4 heteroatoms. The van der Waals surface area contributed by atoms with Crippen LogP contribution in [0.25, 0.3) is 5.70 Å². The predicted molar refractivity (Wildman–Crippen MR) is 99.1 cm³/mol. The van der Waals surface area contributed by atoms with Crippen molar-refractivity contribution in [2.45, 2.75) is 19.3 Å². The molecule has 2 atom stereocenters. The second-order valence-electron chi connectivity index (χ2n) is 6.73. The molecule has 0 saturated heterocycles. The van der Waals surface area contributed by atoms with Crippen LogP contribution in [0, 0.1) is 5.92 Å². The van der Waals surface area contributed by atoms with E-state index in [1.165, 1.54) is 0 Å². The molecule has 4 rings (SSSR count). The van der Waals surface area contributed by atoms with Gasteiger partial charge in [-0.1, -0.05) is 54.6 Å². The molecule has 0 radical (unpaired) electrons. The highest BCUT2D eigenvalue weighted by atomic mass is 16.5. The third-order valence-corrected chi connectivity index (χ3v) is 5.33. The fraction of sp³-hybridized carbons (Fsp3) is 0.273. The highest BCUT2D eigenvalue weighted by Gasteiger charge is 2.48. The summed E-state index contributed by atoms with van der Waals surface area (Å²) in [5.74, 6) is -0.784. The molecule has 132 valence electrons. The highest BCUT2D eigenvalue weighted by Crippen LogP contribution is 2.49. The molecule has 0 spiro atoms. The summed E-state index contributed by atoms with van der Waals surface area (Å²) < 4.78 is 5.39. The lowest BCUT2D eigenvalue weighted by Gasteiger charge is -2.36. The number of rotatable bonds is 3. The Bertz CT molecular complexity index is 901. The first-order valence-corrected chi connectivity index (χ1v) is 8.95. The summed E-state index contributed by atoms with van der Waals surface area (Å²) in [6.07, 6.45) is 0.685. The number of carbonyl (C=O) groups excluding carboxylic acids is 2. The van der Waals surface area contributed by atoms with Gasteiger partial charge in [0.05, 0.1) is 23.8 Å². The number of likely N-dealkylation sites (N-methyl/N-ethyl adjacent to an activating group) is 1. The van der Waals surface area contributed by atoms with Gasteiger partial charge in [-0.15, -0.1) is 0 Å². The summed E-state index contributed by atoms with van der Waals surface area (Å²) in [5.41, 5.74) is 4.31. The fourth-order valence-electron chi connectivity index (χ4n) is 4.25. The third kappa shape index (κ3) is 2.45. The van der Waals surface area contributed by atoms with Crippen molar-refractivity contribution in [1.82, 2.24) is 4.90 Å². The second-order valence-corrected chi connectivity index (χ2v) is 6.73. The summed E-state index contributed by atoms with van der Waals surface area (Å²) in [5, 5.41) is 0. The SMILES string of the molecule is CCOC(=O)C1=C(c2ccccc2)N(C)C(=O)[C@@H]2c3ccccc3C[C@H]12. The Labute approximate surface area is 153 Å². The van der Waals surface area contributed by atoms with Crippen LogP contribution in [-0.2, 0) is 20.7 Å². The Hall–Kier alpha value is -2.88. The van der Waals surface area contributed by atoms with Crippen LogP contribution in [-0.4, -0.2) is 30.4 Å². The first-order valence-electron chi connectivity index (χ1n) is 8.95. The first-order chi connectivity index (χ1) is 12.6. The first kappa shape index (κ1) is 16.6. The van der Waals surface area contributed by atoms with E-state index in [2.05, 4.69) is 0 Å². The van der Waals surface area contributed by atoms with Gasteiger partial charge in [0.2, 0.25) is 5.91 Å². The molecule has 26 heavy (non-hydrogen) atoms. The zero-order valence-corrected chi connectivity index (χ0v) is 14.9. The number of amides is 1. The molecule has 1 heterocycles. The minimum absolute atomic E-state index is 0.0341. The highest BCUT2D eigenvalue weighted by molar-refractivity contribution is 6.06. The van der Waals surface area contributed by atoms with E-state index in [9.17, 15) is 9.59 Å². The Morgan fingerprint density at radius 2 is 1.81 bits per heavy atom. The van der Waals surface area contributed by atoms with Crippen molar-refractivity contribution in [2.24, 2.45) is 5.92 Å². The summed E-state index contributed by atoms with van der Waals surface area (Å²) in [6.45, 7) is 2.12. The van der Waals surface area contributed by atoms with Gasteiger partial charge in [-0.25, -0.2) is 4.79 Å². The molecule has 2 aliphatic rings. The fourth-order valence-corrected chi connectivity index (χ4v) is 4.25. The Balaban J connectivity index is 1.93. The normalized spacial score (nSPS) is 21.5. The zero-order chi connectivity index (χ0) is 18.3. The number of esters is 1. The minimum atomic E-state index is -0.325. The van der Waals surface area contributed by atoms with Crippen molar-refractivity contribution in [2.75, 3.05) is 13.7 Å². The number of nitrogens with zero attached hydrogens (tertiary/aromatic N) is 1. The average molecular weight is 347 g/mol. The molecule has 1 aliphatic heterocycles. The molecule has 2 aromatic carbocycles. The lowest BCUT2D eigenvalue weighted by atomic mass is 9.79. The topological polar surface area (TPSA) is 46.6 Å². The molecule has 1 amide bonds. The van der Waals surface area contributed by atoms with Gasteiger partial charge in [-0.3, -0.25) is 4.79 Å². The molecule has 0 bridgehead atoms. The van der Waals surface area contributed by atoms with Crippen molar-refractivity contribution in [3.05, 3.63) is 76.9 Å². The summed E-state index contributed by atoms with van der Waals surface area (Å²) in [6, 6.07) is 17.6. The molecular formula is C22H21NO3. The summed E-state index contributed by atoms with van der Waals surface area (Å²) in [4.78, 5) is 27.8. The third-order valence-electron chi connectivity index (χ3n) is 5.33. The Morgan fingerprint density at radius 1 is 1.12 bits per heavy atom. The lowest BCUT2D eigenvalue weighted by Crippen LogP contribution is -2.41. The van der Waals surface area contributed by atoms with E-state index >= 15 is 0 Å². The van der Waals surface area contributed by atoms with E-state index in [1.807, 2.05) is 54.6 Å². The Morgan fingerprint density at radius 3 is 2.54 bits per heavy atom. The average Bonchev–Trinajstić information content (AvgIpc) is 3.04. The standard InChI is InChI=1S/C22H21NO3/c1-3-26-22(25)19-17-13-15-11-7-8-12-16(15)18(17)21(24)23(2)20(19)14-9-5-4-6-10-14/h4-12,17-18H,3,13H2,1-2H3/t17-,18+/m0/s1. The van der Waals surface area contributed by atoms with Gasteiger partial charge in [0.1, 0.15) is 0 Å². The quantitative estimate of drug-likeness (QED) is 0.800. The molecule has 0 unspecified atom stereocenters. The molecule has 4 nitrogen and oxygen atoms in total. The van der Waals surface area contributed by atoms with Gasteiger partial charge in [0.15, 0.2) is 0 Å². The number of ether oxygens (including phenoxy) is 1. The maximum atomic E-state index is 13.2. The van der Waals surface area contributed by atoms with Crippen LogP contribution in [0.2, 0.25) is 0 Å². The van der Waals surface area contributed by atoms with E-state index in [1.54, 1.807) is 18.9 Å². The molecule has 0 fully saturated rings. The minimum Gasteiger partial charge on any atom is -0.463 e. The van der Waals surface area contributed by atoms with Gasteiger partial charge in [-0.05, 0) is 30.0 Å². The molecular weight excluding hydrogens is 326 g/mol. The van der Waals surface area contributed by atoms with Gasteiger partial charge in [-0.2, -0.15) is 0 Å². The van der Waals surface area contributed by atoms with Gasteiger partial charge in [0, 0.05) is 13.0 Å². The van der Waals surface area contributed by atoms with Crippen LogP contribution >= 0.6 is 0 Å². The number of carbonyl (C=O) groups is 2. The maximum absolute atomic E-state index is 13.2. The van der Waals surface area contributed by atoms with Crippen LogP contribution in [0.1, 0.15) is 29.5 Å². The molecule has 2 aromatic rings. The van der Waals surface area contributed by atoms with Crippen LogP contribution in [0.5, 0.6) is 0 Å². The Kier molecular flexibility index (Phi) is 4.11. The van der Waals surface area contributed by atoms with E-state index < -0.39 is 0 Å². The van der Waals surface area contributed by atoms with Crippen molar-refractivity contribution in [3.63, 3.8) is 0 Å². The monoisotopic (exact) mass is 347 g/mol. The van der Waals surface area contributed by atoms with Crippen molar-refractivity contribution in [1.29, 1.82) is 0 Å². The predicted octanol–water partition coefficient (Wildman–Crippen LogP) is 3.39. The maximum Gasteiger partial charge on any atom is 0.336 e. The summed E-state index contributed by atoms with van der Waals surface area (Å²) in [7, 11) is 1.75. The number of hydrogen-bond donors (Lipinski definition) is 0. The van der Waals surface area contributed by atoms with Crippen LogP contribution in [0.15, 0.2) is 60.2 Å². The van der Waals surface area contributed by atoms with Crippen LogP contribution in [0.3, 0.4) is 0 Å². The van der Waals surface area contributed by atoms with E-state index in [0.29, 0.717) is 24.3 Å². The number of benzene rings is 2. The molecule has 0 saturated carbocycles. The molecule has 0 N–H and O–H groups in total. The van der Waals surface area contributed by atoms with Crippen LogP contribution < -0.4 is 0 Å². The van der Waals surface area contributed by atoms with E-state index in [0.717, 1.165) is 16.7 Å². The molecule has 0 aromatic heterocycles. The summed E-state index contributed by atoms with van der Waals surface area (Å²) >= 11 is 0. The number of fused-ring (bicyclic) bond motifs is 3. The lowest BCUT2D eigenvalue weighted by molar-refractivity contribution is -0.140. The van der Waals surface area contributed by atoms with Crippen molar-refractivity contribution < 1.29 is 14.3 Å². The number of hydrogen-bond acceptors (Lipinski definition) is 3. The van der Waals surface area contributed by atoms with Gasteiger partial charge in [0.25, 0.3) is 0 Å². The second kappa shape index (κ2) is 6.45. The van der Waals surface area contributed by atoms with E-state index in [-0.39, 0.29) is 23.7 Å². The zero-order valence-electron chi connectivity index (χ0n) is 14.9.